The van der Waals surface area contributed by atoms with Crippen LogP contribution in [-0.4, -0.2) is 16.1 Å². The fourth-order valence-electron chi connectivity index (χ4n) is 1.56. The molecule has 0 N–H and O–H groups in total. The van der Waals surface area contributed by atoms with Crippen LogP contribution in [0.3, 0.4) is 0 Å². The van der Waals surface area contributed by atoms with Crippen LogP contribution in [0, 0.1) is 18.6 Å². The fraction of sp³-hybridized carbons (Fsp3) is 0.0833. The molecule has 2 aromatic rings. The van der Waals surface area contributed by atoms with E-state index in [1.54, 1.807) is 0 Å². The van der Waals surface area contributed by atoms with Gasteiger partial charge in [0.25, 0.3) is 0 Å². The maximum Gasteiger partial charge on any atom is 0.211 e. The molecule has 0 radical (unpaired) electrons. The third kappa shape index (κ3) is 1.92. The summed E-state index contributed by atoms with van der Waals surface area (Å²) in [7, 11) is 0. The lowest BCUT2D eigenvalue weighted by Crippen LogP contribution is -2.19. The molecule has 2 rings (SSSR count). The van der Waals surface area contributed by atoms with Crippen molar-refractivity contribution in [2.24, 2.45) is 0 Å². The molecule has 0 spiro atoms. The predicted octanol–water partition coefficient (Wildman–Crippen LogP) is 1.63. The Hall–Kier alpha value is -2.37. The summed E-state index contributed by atoms with van der Waals surface area (Å²) in [5.41, 5.74) is -1.17. The zero-order valence-electron chi connectivity index (χ0n) is 9.35. The molecule has 0 aliphatic heterocycles. The van der Waals surface area contributed by atoms with E-state index in [9.17, 15) is 18.4 Å². The standard InChI is InChI=1S/C12H8F2N2O2/c1-7-5-11(18)10(6-17)15-16(7)12-8(13)3-2-4-9(12)14/h2-6H,1H3. The van der Waals surface area contributed by atoms with Crippen molar-refractivity contribution in [3.8, 4) is 5.69 Å². The Morgan fingerprint density at radius 2 is 1.89 bits per heavy atom. The molecule has 0 saturated carbocycles. The van der Waals surface area contributed by atoms with Gasteiger partial charge in [-0.2, -0.15) is 5.10 Å². The average Bonchev–Trinajstić information content (AvgIpc) is 2.31. The van der Waals surface area contributed by atoms with Crippen molar-refractivity contribution in [1.82, 2.24) is 9.78 Å². The van der Waals surface area contributed by atoms with Gasteiger partial charge in [-0.3, -0.25) is 9.59 Å². The Bertz CT molecular complexity index is 660. The predicted molar refractivity (Wildman–Crippen MR) is 59.9 cm³/mol. The maximum absolute atomic E-state index is 13.6. The maximum atomic E-state index is 13.6. The molecular weight excluding hydrogens is 242 g/mol. The van der Waals surface area contributed by atoms with Crippen molar-refractivity contribution in [2.45, 2.75) is 6.92 Å². The number of halogens is 2. The number of benzene rings is 1. The number of aldehydes is 1. The number of carbonyl (C=O) groups excluding carboxylic acids is 1. The van der Waals surface area contributed by atoms with Crippen LogP contribution in [0.15, 0.2) is 29.1 Å². The molecule has 0 aliphatic carbocycles. The lowest BCUT2D eigenvalue weighted by molar-refractivity contribution is 0.111. The highest BCUT2D eigenvalue weighted by Crippen LogP contribution is 2.17. The van der Waals surface area contributed by atoms with E-state index in [0.717, 1.165) is 22.9 Å². The summed E-state index contributed by atoms with van der Waals surface area (Å²) in [4.78, 5) is 22.0. The van der Waals surface area contributed by atoms with Gasteiger partial charge < -0.3 is 0 Å². The summed E-state index contributed by atoms with van der Waals surface area (Å²) in [6.45, 7) is 1.47. The summed E-state index contributed by atoms with van der Waals surface area (Å²) in [6, 6.07) is 4.45. The van der Waals surface area contributed by atoms with Crippen molar-refractivity contribution in [3.05, 3.63) is 57.5 Å². The van der Waals surface area contributed by atoms with Crippen LogP contribution in [0.25, 0.3) is 5.69 Å². The minimum absolute atomic E-state index is 0.231. The third-order valence-electron chi connectivity index (χ3n) is 2.40. The molecule has 0 atom stereocenters. The van der Waals surface area contributed by atoms with Gasteiger partial charge >= 0.3 is 0 Å². The third-order valence-corrected chi connectivity index (χ3v) is 2.40. The van der Waals surface area contributed by atoms with Crippen molar-refractivity contribution in [3.63, 3.8) is 0 Å². The van der Waals surface area contributed by atoms with Crippen LogP contribution < -0.4 is 5.43 Å². The van der Waals surface area contributed by atoms with E-state index in [4.69, 9.17) is 0 Å². The molecule has 1 heterocycles. The van der Waals surface area contributed by atoms with Crippen LogP contribution >= 0.6 is 0 Å². The van der Waals surface area contributed by atoms with Gasteiger partial charge in [-0.05, 0) is 19.1 Å². The van der Waals surface area contributed by atoms with Gasteiger partial charge in [-0.1, -0.05) is 6.07 Å². The number of hydrogen-bond donors (Lipinski definition) is 0. The van der Waals surface area contributed by atoms with Crippen LogP contribution in [0.5, 0.6) is 0 Å². The summed E-state index contributed by atoms with van der Waals surface area (Å²) in [5.74, 6) is -1.66. The lowest BCUT2D eigenvalue weighted by atomic mass is 10.2. The number of aromatic nitrogens is 2. The highest BCUT2D eigenvalue weighted by atomic mass is 19.1. The van der Waals surface area contributed by atoms with Crippen molar-refractivity contribution >= 4 is 6.29 Å². The summed E-state index contributed by atoms with van der Waals surface area (Å²) < 4.78 is 28.1. The monoisotopic (exact) mass is 250 g/mol. The Morgan fingerprint density at radius 1 is 1.28 bits per heavy atom. The Morgan fingerprint density at radius 3 is 2.44 bits per heavy atom. The summed E-state index contributed by atoms with van der Waals surface area (Å²) in [6.07, 6.45) is 0.247. The van der Waals surface area contributed by atoms with Gasteiger partial charge in [0.05, 0.1) is 0 Å². The second-order valence-corrected chi connectivity index (χ2v) is 3.64. The van der Waals surface area contributed by atoms with Crippen LogP contribution in [0.1, 0.15) is 16.2 Å². The number of nitrogens with zero attached hydrogens (tertiary/aromatic N) is 2. The quantitative estimate of drug-likeness (QED) is 0.761. The number of para-hydroxylation sites is 1. The largest absolute Gasteiger partial charge is 0.296 e. The molecule has 1 aromatic heterocycles. The second-order valence-electron chi connectivity index (χ2n) is 3.64. The summed E-state index contributed by atoms with van der Waals surface area (Å²) in [5, 5.41) is 3.64. The molecule has 0 unspecified atom stereocenters. The zero-order chi connectivity index (χ0) is 13.3. The molecule has 1 aromatic carbocycles. The first-order valence-corrected chi connectivity index (χ1v) is 5.05. The summed E-state index contributed by atoms with van der Waals surface area (Å²) >= 11 is 0. The van der Waals surface area contributed by atoms with Gasteiger partial charge in [-0.15, -0.1) is 0 Å². The van der Waals surface area contributed by atoms with Crippen LogP contribution in [0.4, 0.5) is 8.78 Å². The number of aryl methyl sites for hydroxylation is 1. The van der Waals surface area contributed by atoms with Gasteiger partial charge in [0.1, 0.15) is 5.69 Å². The molecule has 0 aliphatic rings. The minimum Gasteiger partial charge on any atom is -0.296 e. The van der Waals surface area contributed by atoms with E-state index in [2.05, 4.69) is 5.10 Å². The molecule has 92 valence electrons. The highest BCUT2D eigenvalue weighted by Gasteiger charge is 2.14. The zero-order valence-corrected chi connectivity index (χ0v) is 9.35. The van der Waals surface area contributed by atoms with E-state index in [1.807, 2.05) is 0 Å². The van der Waals surface area contributed by atoms with E-state index in [1.165, 1.54) is 13.0 Å². The second kappa shape index (κ2) is 4.48. The number of hydrogen-bond acceptors (Lipinski definition) is 3. The van der Waals surface area contributed by atoms with E-state index >= 15 is 0 Å². The van der Waals surface area contributed by atoms with Gasteiger partial charge in [0.2, 0.25) is 5.43 Å². The molecule has 0 bridgehead atoms. The first-order chi connectivity index (χ1) is 8.54. The molecular formula is C12H8F2N2O2. The molecule has 4 nitrogen and oxygen atoms in total. The molecule has 18 heavy (non-hydrogen) atoms. The van der Waals surface area contributed by atoms with Gasteiger partial charge in [0.15, 0.2) is 23.6 Å². The van der Waals surface area contributed by atoms with Gasteiger partial charge in [-0.25, -0.2) is 13.5 Å². The molecule has 0 amide bonds. The minimum atomic E-state index is -0.828. The fourth-order valence-corrected chi connectivity index (χ4v) is 1.56. The molecule has 6 heteroatoms. The normalized spacial score (nSPS) is 10.4. The van der Waals surface area contributed by atoms with Crippen molar-refractivity contribution < 1.29 is 13.6 Å². The highest BCUT2D eigenvalue weighted by molar-refractivity contribution is 5.71. The SMILES string of the molecule is Cc1cc(=O)c(C=O)nn1-c1c(F)cccc1F. The number of rotatable bonds is 2. The van der Waals surface area contributed by atoms with E-state index in [-0.39, 0.29) is 12.0 Å². The topological polar surface area (TPSA) is 52.0 Å². The van der Waals surface area contributed by atoms with Crippen LogP contribution in [-0.2, 0) is 0 Å². The van der Waals surface area contributed by atoms with Crippen molar-refractivity contribution in [1.29, 1.82) is 0 Å². The van der Waals surface area contributed by atoms with Gasteiger partial charge in [0, 0.05) is 11.8 Å². The number of carbonyl (C=O) groups is 1. The average molecular weight is 250 g/mol. The van der Waals surface area contributed by atoms with E-state index in [0.29, 0.717) is 0 Å². The van der Waals surface area contributed by atoms with E-state index < -0.39 is 28.4 Å². The first-order valence-electron chi connectivity index (χ1n) is 5.05. The lowest BCUT2D eigenvalue weighted by Gasteiger charge is -2.11. The Balaban J connectivity index is 2.79. The van der Waals surface area contributed by atoms with Crippen LogP contribution in [0.2, 0.25) is 0 Å². The molecule has 0 saturated heterocycles. The first kappa shape index (κ1) is 12.1. The smallest absolute Gasteiger partial charge is 0.211 e. The Kier molecular flexibility index (Phi) is 3.01. The molecule has 0 fully saturated rings. The Labute approximate surface area is 100 Å². The van der Waals surface area contributed by atoms with Crippen molar-refractivity contribution in [2.75, 3.05) is 0 Å².